The van der Waals surface area contributed by atoms with Crippen LogP contribution in [0.5, 0.6) is 0 Å². The number of carboxylic acid groups (broad SMARTS) is 1. The number of hydrogen-bond acceptors (Lipinski definition) is 2. The van der Waals surface area contributed by atoms with E-state index in [1.807, 2.05) is 13.1 Å². The lowest BCUT2D eigenvalue weighted by atomic mass is 9.78. The van der Waals surface area contributed by atoms with Crippen molar-refractivity contribution in [2.24, 2.45) is 0 Å². The quantitative estimate of drug-likeness (QED) is 0.709. The molecule has 1 N–H and O–H groups in total. The van der Waals surface area contributed by atoms with Gasteiger partial charge in [0.05, 0.1) is 6.42 Å². The van der Waals surface area contributed by atoms with E-state index < -0.39 is 5.97 Å². The van der Waals surface area contributed by atoms with Crippen molar-refractivity contribution in [3.63, 3.8) is 0 Å². The molecule has 0 aromatic rings. The Kier molecular flexibility index (Phi) is 4.33. The molecule has 0 spiro atoms. The monoisotopic (exact) mass is 211 g/mol. The van der Waals surface area contributed by atoms with Crippen LogP contribution < -0.4 is 0 Å². The summed E-state index contributed by atoms with van der Waals surface area (Å²) in [6.07, 6.45) is 7.65. The summed E-state index contributed by atoms with van der Waals surface area (Å²) in [6.45, 7) is 4.49. The van der Waals surface area contributed by atoms with Gasteiger partial charge in [0.25, 0.3) is 0 Å². The average Bonchev–Trinajstić information content (AvgIpc) is 2.18. The van der Waals surface area contributed by atoms with Crippen LogP contribution >= 0.6 is 0 Å². The van der Waals surface area contributed by atoms with E-state index in [0.29, 0.717) is 0 Å². The Balaban J connectivity index is 2.73. The zero-order chi connectivity index (χ0) is 11.3. The van der Waals surface area contributed by atoms with E-state index in [1.165, 1.54) is 6.42 Å². The Labute approximate surface area is 91.8 Å². The molecule has 1 fully saturated rings. The Morgan fingerprint density at radius 2 is 2.07 bits per heavy atom. The van der Waals surface area contributed by atoms with E-state index in [-0.39, 0.29) is 12.0 Å². The topological polar surface area (TPSA) is 40.5 Å². The van der Waals surface area contributed by atoms with Crippen LogP contribution in [-0.4, -0.2) is 35.1 Å². The van der Waals surface area contributed by atoms with Crippen LogP contribution in [-0.2, 0) is 4.79 Å². The summed E-state index contributed by atoms with van der Waals surface area (Å²) < 4.78 is 0. The Morgan fingerprint density at radius 1 is 1.47 bits per heavy atom. The van der Waals surface area contributed by atoms with Gasteiger partial charge in [-0.3, -0.25) is 9.69 Å². The highest BCUT2D eigenvalue weighted by Crippen LogP contribution is 2.35. The molecule has 0 atom stereocenters. The Bertz CT molecular complexity index is 232. The van der Waals surface area contributed by atoms with Gasteiger partial charge in [0.2, 0.25) is 0 Å². The molecule has 3 nitrogen and oxygen atoms in total. The van der Waals surface area contributed by atoms with Crippen molar-refractivity contribution >= 4 is 5.97 Å². The standard InChI is InChI=1S/C12H21NO2/c1-3-9-13(2)12(10-11(14)15)7-5-4-6-8-12/h3H,1,4-10H2,2H3,(H,14,15). The summed E-state index contributed by atoms with van der Waals surface area (Å²) in [5, 5.41) is 9.00. The third kappa shape index (κ3) is 3.06. The van der Waals surface area contributed by atoms with Crippen molar-refractivity contribution in [2.45, 2.75) is 44.1 Å². The second-order valence-corrected chi connectivity index (χ2v) is 4.52. The van der Waals surface area contributed by atoms with Gasteiger partial charge in [-0.15, -0.1) is 6.58 Å². The SMILES string of the molecule is C=CCN(C)C1(CC(=O)O)CCCCC1. The first kappa shape index (κ1) is 12.2. The summed E-state index contributed by atoms with van der Waals surface area (Å²) in [4.78, 5) is 13.1. The van der Waals surface area contributed by atoms with Crippen LogP contribution in [0.4, 0.5) is 0 Å². The van der Waals surface area contributed by atoms with E-state index in [2.05, 4.69) is 11.5 Å². The largest absolute Gasteiger partial charge is 0.481 e. The Morgan fingerprint density at radius 3 is 2.53 bits per heavy atom. The van der Waals surface area contributed by atoms with Crippen LogP contribution in [0.3, 0.4) is 0 Å². The van der Waals surface area contributed by atoms with E-state index in [0.717, 1.165) is 32.2 Å². The highest BCUT2D eigenvalue weighted by atomic mass is 16.4. The molecule has 1 aliphatic carbocycles. The molecule has 0 radical (unpaired) electrons. The minimum absolute atomic E-state index is 0.127. The number of hydrogen-bond donors (Lipinski definition) is 1. The van der Waals surface area contributed by atoms with E-state index in [1.54, 1.807) is 0 Å². The van der Waals surface area contributed by atoms with Gasteiger partial charge in [-0.25, -0.2) is 0 Å². The molecule has 0 saturated heterocycles. The van der Waals surface area contributed by atoms with Gasteiger partial charge in [-0.2, -0.15) is 0 Å². The summed E-state index contributed by atoms with van der Waals surface area (Å²) in [7, 11) is 2.01. The van der Waals surface area contributed by atoms with Crippen molar-refractivity contribution in [3.8, 4) is 0 Å². The second kappa shape index (κ2) is 5.31. The van der Waals surface area contributed by atoms with Gasteiger partial charge in [0, 0.05) is 12.1 Å². The number of likely N-dealkylation sites (N-methyl/N-ethyl adjacent to an activating group) is 1. The molecule has 15 heavy (non-hydrogen) atoms. The van der Waals surface area contributed by atoms with Crippen molar-refractivity contribution in [2.75, 3.05) is 13.6 Å². The number of nitrogens with zero attached hydrogens (tertiary/aromatic N) is 1. The van der Waals surface area contributed by atoms with Crippen molar-refractivity contribution in [1.29, 1.82) is 0 Å². The molecule has 0 heterocycles. The molecule has 1 aliphatic rings. The highest BCUT2D eigenvalue weighted by Gasteiger charge is 2.37. The summed E-state index contributed by atoms with van der Waals surface area (Å²) in [5.41, 5.74) is -0.127. The number of carbonyl (C=O) groups is 1. The number of carboxylic acids is 1. The van der Waals surface area contributed by atoms with Crippen LogP contribution in [0.1, 0.15) is 38.5 Å². The maximum atomic E-state index is 10.9. The molecule has 86 valence electrons. The van der Waals surface area contributed by atoms with Gasteiger partial charge in [0.1, 0.15) is 0 Å². The van der Waals surface area contributed by atoms with Crippen LogP contribution in [0, 0.1) is 0 Å². The maximum Gasteiger partial charge on any atom is 0.305 e. The smallest absolute Gasteiger partial charge is 0.305 e. The van der Waals surface area contributed by atoms with E-state index >= 15 is 0 Å². The third-order valence-corrected chi connectivity index (χ3v) is 3.48. The molecule has 0 aromatic heterocycles. The summed E-state index contributed by atoms with van der Waals surface area (Å²) in [5.74, 6) is -0.687. The molecule has 3 heteroatoms. The van der Waals surface area contributed by atoms with Gasteiger partial charge >= 0.3 is 5.97 Å². The molecule has 1 saturated carbocycles. The van der Waals surface area contributed by atoms with Crippen molar-refractivity contribution in [3.05, 3.63) is 12.7 Å². The van der Waals surface area contributed by atoms with Crippen molar-refractivity contribution < 1.29 is 9.90 Å². The zero-order valence-electron chi connectivity index (χ0n) is 9.54. The van der Waals surface area contributed by atoms with Crippen LogP contribution in [0.25, 0.3) is 0 Å². The average molecular weight is 211 g/mol. The summed E-state index contributed by atoms with van der Waals surface area (Å²) >= 11 is 0. The summed E-state index contributed by atoms with van der Waals surface area (Å²) in [6, 6.07) is 0. The number of aliphatic carboxylic acids is 1. The number of rotatable bonds is 5. The molecular formula is C12H21NO2. The lowest BCUT2D eigenvalue weighted by Crippen LogP contribution is -2.49. The van der Waals surface area contributed by atoms with E-state index in [4.69, 9.17) is 5.11 Å². The molecule has 0 bridgehead atoms. The molecule has 0 amide bonds. The van der Waals surface area contributed by atoms with Crippen molar-refractivity contribution in [1.82, 2.24) is 4.90 Å². The zero-order valence-corrected chi connectivity index (χ0v) is 9.54. The molecular weight excluding hydrogens is 190 g/mol. The maximum absolute atomic E-state index is 10.9. The minimum Gasteiger partial charge on any atom is -0.481 e. The first-order valence-electron chi connectivity index (χ1n) is 5.65. The normalized spacial score (nSPS) is 20.1. The fourth-order valence-electron chi connectivity index (χ4n) is 2.57. The van der Waals surface area contributed by atoms with Gasteiger partial charge in [-0.05, 0) is 19.9 Å². The van der Waals surface area contributed by atoms with Gasteiger partial charge in [0.15, 0.2) is 0 Å². The van der Waals surface area contributed by atoms with Gasteiger partial charge in [-0.1, -0.05) is 25.3 Å². The fourth-order valence-corrected chi connectivity index (χ4v) is 2.57. The molecule has 0 aliphatic heterocycles. The predicted octanol–water partition coefficient (Wildman–Crippen LogP) is 2.28. The third-order valence-electron chi connectivity index (χ3n) is 3.48. The lowest BCUT2D eigenvalue weighted by Gasteiger charge is -2.43. The van der Waals surface area contributed by atoms with Gasteiger partial charge < -0.3 is 5.11 Å². The molecule has 0 aromatic carbocycles. The lowest BCUT2D eigenvalue weighted by molar-refractivity contribution is -0.140. The molecule has 0 unspecified atom stereocenters. The van der Waals surface area contributed by atoms with Crippen LogP contribution in [0.2, 0.25) is 0 Å². The first-order valence-corrected chi connectivity index (χ1v) is 5.65. The van der Waals surface area contributed by atoms with E-state index in [9.17, 15) is 4.79 Å². The minimum atomic E-state index is -0.687. The first-order chi connectivity index (χ1) is 7.10. The Hall–Kier alpha value is -0.830. The molecule has 1 rings (SSSR count). The second-order valence-electron chi connectivity index (χ2n) is 4.52. The predicted molar refractivity (Wildman–Crippen MR) is 60.9 cm³/mol. The fraction of sp³-hybridized carbons (Fsp3) is 0.750. The highest BCUT2D eigenvalue weighted by molar-refractivity contribution is 5.68. The van der Waals surface area contributed by atoms with Crippen LogP contribution in [0.15, 0.2) is 12.7 Å².